The van der Waals surface area contributed by atoms with Gasteiger partial charge in [0.15, 0.2) is 6.73 Å². The van der Waals surface area contributed by atoms with Gasteiger partial charge in [-0.1, -0.05) is 5.21 Å². The van der Waals surface area contributed by atoms with E-state index in [2.05, 4.69) is 10.3 Å². The van der Waals surface area contributed by atoms with Gasteiger partial charge in [-0.25, -0.2) is 4.68 Å². The smallest absolute Gasteiger partial charge is 0.313 e. The van der Waals surface area contributed by atoms with Crippen LogP contribution < -0.4 is 0 Å². The molecular formula is C9H15N3O2. The third-order valence-corrected chi connectivity index (χ3v) is 1.59. The summed E-state index contributed by atoms with van der Waals surface area (Å²) < 4.78 is 6.51. The Morgan fingerprint density at radius 2 is 2.21 bits per heavy atom. The predicted octanol–water partition coefficient (Wildman–Crippen LogP) is 1.13. The number of esters is 1. The normalized spacial score (nSPS) is 11.4. The first-order valence-electron chi connectivity index (χ1n) is 4.43. The molecule has 0 aliphatic heterocycles. The second kappa shape index (κ2) is 3.77. The van der Waals surface area contributed by atoms with Crippen molar-refractivity contribution in [1.82, 2.24) is 15.0 Å². The summed E-state index contributed by atoms with van der Waals surface area (Å²) in [7, 11) is 0. The predicted molar refractivity (Wildman–Crippen MR) is 50.3 cm³/mol. The van der Waals surface area contributed by atoms with E-state index in [0.29, 0.717) is 0 Å². The van der Waals surface area contributed by atoms with Crippen molar-refractivity contribution in [1.29, 1.82) is 0 Å². The van der Waals surface area contributed by atoms with Gasteiger partial charge < -0.3 is 4.74 Å². The number of nitrogens with zero attached hydrogens (tertiary/aromatic N) is 3. The maximum absolute atomic E-state index is 11.4. The van der Waals surface area contributed by atoms with Crippen molar-refractivity contribution in [2.45, 2.75) is 34.4 Å². The molecule has 0 radical (unpaired) electrons. The molecule has 0 N–H and O–H groups in total. The van der Waals surface area contributed by atoms with Crippen molar-refractivity contribution in [3.8, 4) is 0 Å². The lowest BCUT2D eigenvalue weighted by atomic mass is 9.98. The fourth-order valence-electron chi connectivity index (χ4n) is 0.800. The zero-order chi connectivity index (χ0) is 10.8. The van der Waals surface area contributed by atoms with Crippen LogP contribution in [0.15, 0.2) is 6.20 Å². The molecule has 0 aliphatic rings. The minimum Gasteiger partial charge on any atom is -0.442 e. The van der Waals surface area contributed by atoms with Gasteiger partial charge in [-0.05, 0) is 27.7 Å². The van der Waals surface area contributed by atoms with Gasteiger partial charge in [-0.15, -0.1) is 5.10 Å². The Labute approximate surface area is 83.1 Å². The van der Waals surface area contributed by atoms with Crippen molar-refractivity contribution in [2.75, 3.05) is 0 Å². The summed E-state index contributed by atoms with van der Waals surface area (Å²) in [5, 5.41) is 7.54. The zero-order valence-corrected chi connectivity index (χ0v) is 8.94. The van der Waals surface area contributed by atoms with Gasteiger partial charge in [0.05, 0.1) is 17.3 Å². The molecule has 0 saturated heterocycles. The average molecular weight is 197 g/mol. The van der Waals surface area contributed by atoms with E-state index < -0.39 is 5.41 Å². The molecule has 1 aromatic rings. The number of carbonyl (C=O) groups is 1. The summed E-state index contributed by atoms with van der Waals surface area (Å²) in [6, 6.07) is 0. The number of rotatable bonds is 2. The average Bonchev–Trinajstić information content (AvgIpc) is 2.45. The number of carbonyl (C=O) groups excluding carboxylic acids is 1. The van der Waals surface area contributed by atoms with E-state index in [1.54, 1.807) is 6.20 Å². The molecule has 5 nitrogen and oxygen atoms in total. The highest BCUT2D eigenvalue weighted by atomic mass is 16.5. The van der Waals surface area contributed by atoms with Crippen LogP contribution in [0.1, 0.15) is 26.5 Å². The van der Waals surface area contributed by atoms with Crippen LogP contribution in [-0.2, 0) is 16.3 Å². The molecule has 0 aromatic carbocycles. The Morgan fingerprint density at radius 3 is 2.64 bits per heavy atom. The van der Waals surface area contributed by atoms with Gasteiger partial charge in [-0.3, -0.25) is 4.79 Å². The monoisotopic (exact) mass is 197 g/mol. The van der Waals surface area contributed by atoms with Crippen molar-refractivity contribution >= 4 is 5.97 Å². The van der Waals surface area contributed by atoms with Crippen LogP contribution in [0, 0.1) is 12.3 Å². The highest BCUT2D eigenvalue weighted by Gasteiger charge is 2.22. The van der Waals surface area contributed by atoms with Crippen LogP contribution in [0.25, 0.3) is 0 Å². The van der Waals surface area contributed by atoms with Crippen LogP contribution in [0.3, 0.4) is 0 Å². The van der Waals surface area contributed by atoms with E-state index >= 15 is 0 Å². The van der Waals surface area contributed by atoms with Crippen LogP contribution >= 0.6 is 0 Å². The molecule has 0 bridgehead atoms. The quantitative estimate of drug-likeness (QED) is 0.667. The molecule has 0 atom stereocenters. The molecule has 78 valence electrons. The lowest BCUT2D eigenvalue weighted by Crippen LogP contribution is -2.24. The number of aryl methyl sites for hydroxylation is 1. The Kier molecular flexibility index (Phi) is 2.88. The van der Waals surface area contributed by atoms with E-state index in [9.17, 15) is 4.79 Å². The summed E-state index contributed by atoms with van der Waals surface area (Å²) in [5.74, 6) is -0.245. The van der Waals surface area contributed by atoms with Crippen LogP contribution in [0.5, 0.6) is 0 Å². The fraction of sp³-hybridized carbons (Fsp3) is 0.667. The highest BCUT2D eigenvalue weighted by molar-refractivity contribution is 5.75. The molecule has 0 spiro atoms. The minimum absolute atomic E-state index is 0.122. The lowest BCUT2D eigenvalue weighted by molar-refractivity contribution is -0.157. The zero-order valence-electron chi connectivity index (χ0n) is 8.94. The second-order valence-electron chi connectivity index (χ2n) is 4.21. The van der Waals surface area contributed by atoms with Crippen molar-refractivity contribution < 1.29 is 9.53 Å². The lowest BCUT2D eigenvalue weighted by Gasteiger charge is -2.15. The van der Waals surface area contributed by atoms with Crippen LogP contribution in [0.2, 0.25) is 0 Å². The Bertz CT molecular complexity index is 325. The van der Waals surface area contributed by atoms with Gasteiger partial charge in [0.25, 0.3) is 0 Å². The number of hydrogen-bond donors (Lipinski definition) is 0. The minimum atomic E-state index is -0.477. The summed E-state index contributed by atoms with van der Waals surface area (Å²) >= 11 is 0. The molecule has 1 heterocycles. The molecule has 5 heteroatoms. The topological polar surface area (TPSA) is 57.0 Å². The highest BCUT2D eigenvalue weighted by Crippen LogP contribution is 2.15. The number of aromatic nitrogens is 3. The van der Waals surface area contributed by atoms with Crippen LogP contribution in [-0.4, -0.2) is 21.0 Å². The molecule has 0 amide bonds. The van der Waals surface area contributed by atoms with E-state index in [4.69, 9.17) is 4.74 Å². The fourth-order valence-corrected chi connectivity index (χ4v) is 0.800. The maximum Gasteiger partial charge on any atom is 0.313 e. The molecule has 14 heavy (non-hydrogen) atoms. The molecule has 1 rings (SSSR count). The molecule has 0 unspecified atom stereocenters. The van der Waals surface area contributed by atoms with Crippen molar-refractivity contribution in [3.05, 3.63) is 11.9 Å². The molecule has 0 fully saturated rings. The summed E-state index contributed by atoms with van der Waals surface area (Å²) in [6.07, 6.45) is 1.72. The molecule has 0 aliphatic carbocycles. The van der Waals surface area contributed by atoms with Gasteiger partial charge in [0.2, 0.25) is 0 Å². The summed E-state index contributed by atoms with van der Waals surface area (Å²) in [5.41, 5.74) is 0.326. The maximum atomic E-state index is 11.4. The third kappa shape index (κ3) is 2.83. The summed E-state index contributed by atoms with van der Waals surface area (Å²) in [6.45, 7) is 7.37. The standard InChI is InChI=1S/C9H15N3O2/c1-7-5-12(11-10-7)6-14-8(13)9(2,3)4/h5H,6H2,1-4H3. The first kappa shape index (κ1) is 10.7. The molecule has 1 aromatic heterocycles. The summed E-state index contributed by atoms with van der Waals surface area (Å²) in [4.78, 5) is 11.4. The van der Waals surface area contributed by atoms with E-state index in [1.165, 1.54) is 4.68 Å². The van der Waals surface area contributed by atoms with Crippen LogP contribution in [0.4, 0.5) is 0 Å². The van der Waals surface area contributed by atoms with Gasteiger partial charge in [0.1, 0.15) is 0 Å². The first-order valence-corrected chi connectivity index (χ1v) is 4.43. The second-order valence-corrected chi connectivity index (χ2v) is 4.21. The Morgan fingerprint density at radius 1 is 1.57 bits per heavy atom. The van der Waals surface area contributed by atoms with E-state index in [0.717, 1.165) is 5.69 Å². The van der Waals surface area contributed by atoms with Gasteiger partial charge >= 0.3 is 5.97 Å². The SMILES string of the molecule is Cc1cn(COC(=O)C(C)(C)C)nn1. The Hall–Kier alpha value is -1.39. The molecular weight excluding hydrogens is 182 g/mol. The third-order valence-electron chi connectivity index (χ3n) is 1.59. The van der Waals surface area contributed by atoms with E-state index in [1.807, 2.05) is 27.7 Å². The number of hydrogen-bond acceptors (Lipinski definition) is 4. The first-order chi connectivity index (χ1) is 6.39. The van der Waals surface area contributed by atoms with Gasteiger partial charge in [-0.2, -0.15) is 0 Å². The van der Waals surface area contributed by atoms with E-state index in [-0.39, 0.29) is 12.7 Å². The number of ether oxygens (including phenoxy) is 1. The Balaban J connectivity index is 2.46. The van der Waals surface area contributed by atoms with Gasteiger partial charge in [0, 0.05) is 0 Å². The molecule has 0 saturated carbocycles. The van der Waals surface area contributed by atoms with Crippen molar-refractivity contribution in [2.24, 2.45) is 5.41 Å². The largest absolute Gasteiger partial charge is 0.442 e. The van der Waals surface area contributed by atoms with Crippen molar-refractivity contribution in [3.63, 3.8) is 0 Å².